The summed E-state index contributed by atoms with van der Waals surface area (Å²) in [7, 11) is -4.67. The number of rotatable bonds is 8. The predicted octanol–water partition coefficient (Wildman–Crippen LogP) is -1.73. The Hall–Kier alpha value is -2.06. The molecule has 2 rings (SSSR count). The van der Waals surface area contributed by atoms with Crippen LogP contribution in [0, 0.1) is 0 Å². The van der Waals surface area contributed by atoms with Crippen molar-refractivity contribution in [3.8, 4) is 0 Å². The number of thiophene rings is 1. The highest BCUT2D eigenvalue weighted by Crippen LogP contribution is 2.23. The van der Waals surface area contributed by atoms with Crippen LogP contribution in [0.3, 0.4) is 0 Å². The third kappa shape index (κ3) is 4.19. The van der Waals surface area contributed by atoms with E-state index in [1.165, 1.54) is 18.3 Å². The number of amides is 2. The number of nitrogens with two attached hydrogens (primary N) is 2. The molecule has 0 saturated carbocycles. The van der Waals surface area contributed by atoms with Gasteiger partial charge in [0, 0.05) is 13.1 Å². The van der Waals surface area contributed by atoms with Crippen molar-refractivity contribution in [2.45, 2.75) is 25.1 Å². The number of β-lactam (4-membered cyclic amide) rings is 1. The van der Waals surface area contributed by atoms with Gasteiger partial charge in [0.2, 0.25) is 0 Å². The van der Waals surface area contributed by atoms with Crippen LogP contribution in [0.15, 0.2) is 22.7 Å². The van der Waals surface area contributed by atoms with Gasteiger partial charge in [-0.1, -0.05) is 11.2 Å². The smallest absolute Gasteiger partial charge is 0.362 e. The summed E-state index contributed by atoms with van der Waals surface area (Å²) in [6.45, 7) is 1.57. The van der Waals surface area contributed by atoms with E-state index in [9.17, 15) is 18.0 Å². The standard InChI is InChI=1S/C13H19N5O6S2/c1-7-10(13(20)18(7)26(21,22)23)16-12(19)11(9-3-2-4-25-9)17-24-8(5-14)6-15/h2-4,7-8,10H,5-6,14-15H2,1H3,(H,16,19)(H,21,22,23)/b17-11-/t7-,10-/m0/s1. The molecule has 1 aliphatic heterocycles. The first kappa shape index (κ1) is 20.3. The van der Waals surface area contributed by atoms with E-state index in [0.29, 0.717) is 4.88 Å². The molecule has 2 atom stereocenters. The number of nitrogens with zero attached hydrogens (tertiary/aromatic N) is 2. The van der Waals surface area contributed by atoms with E-state index in [-0.39, 0.29) is 23.1 Å². The minimum Gasteiger partial charge on any atom is -0.389 e. The molecule has 1 aromatic heterocycles. The second-order valence-corrected chi connectivity index (χ2v) is 7.66. The molecule has 0 spiro atoms. The van der Waals surface area contributed by atoms with Gasteiger partial charge in [0.05, 0.1) is 10.9 Å². The van der Waals surface area contributed by atoms with Crippen LogP contribution in [0.2, 0.25) is 0 Å². The maximum atomic E-state index is 12.5. The molecule has 1 aromatic rings. The lowest BCUT2D eigenvalue weighted by atomic mass is 10.0. The fourth-order valence-electron chi connectivity index (χ4n) is 2.23. The molecule has 0 unspecified atom stereocenters. The number of oxime groups is 1. The minimum absolute atomic E-state index is 0.0980. The van der Waals surface area contributed by atoms with Crippen molar-refractivity contribution in [1.29, 1.82) is 0 Å². The van der Waals surface area contributed by atoms with Gasteiger partial charge < -0.3 is 21.6 Å². The first-order chi connectivity index (χ1) is 12.2. The van der Waals surface area contributed by atoms with E-state index in [2.05, 4.69) is 10.5 Å². The summed E-state index contributed by atoms with van der Waals surface area (Å²) in [5.74, 6) is -1.68. The number of nitrogens with one attached hydrogen (secondary N) is 1. The van der Waals surface area contributed by atoms with Crippen molar-refractivity contribution in [2.24, 2.45) is 16.6 Å². The molecule has 0 radical (unpaired) electrons. The Bertz CT molecular complexity index is 790. The molecule has 144 valence electrons. The molecular formula is C13H19N5O6S2. The van der Waals surface area contributed by atoms with Crippen LogP contribution in [-0.4, -0.2) is 66.1 Å². The van der Waals surface area contributed by atoms with Crippen LogP contribution in [-0.2, 0) is 24.7 Å². The number of hydrogen-bond acceptors (Lipinski definition) is 9. The highest BCUT2D eigenvalue weighted by atomic mass is 32.2. The highest BCUT2D eigenvalue weighted by molar-refractivity contribution is 7.84. The van der Waals surface area contributed by atoms with Gasteiger partial charge in [0.1, 0.15) is 6.04 Å². The van der Waals surface area contributed by atoms with Crippen LogP contribution in [0.5, 0.6) is 0 Å². The fourth-order valence-corrected chi connectivity index (χ4v) is 3.82. The highest BCUT2D eigenvalue weighted by Gasteiger charge is 2.51. The SMILES string of the molecule is C[C@H]1[C@H](NC(=O)/C(=N\OC(CN)CN)c2cccs2)C(=O)N1S(=O)(=O)O. The topological polar surface area (TPSA) is 177 Å². The maximum absolute atomic E-state index is 12.5. The van der Waals surface area contributed by atoms with Crippen LogP contribution >= 0.6 is 11.3 Å². The van der Waals surface area contributed by atoms with Crippen molar-refractivity contribution in [3.63, 3.8) is 0 Å². The van der Waals surface area contributed by atoms with Gasteiger partial charge in [-0.25, -0.2) is 4.31 Å². The monoisotopic (exact) mass is 405 g/mol. The largest absolute Gasteiger partial charge is 0.389 e. The Morgan fingerprint density at radius 3 is 2.62 bits per heavy atom. The van der Waals surface area contributed by atoms with Gasteiger partial charge in [-0.15, -0.1) is 11.3 Å². The summed E-state index contributed by atoms with van der Waals surface area (Å²) in [6, 6.07) is 1.27. The van der Waals surface area contributed by atoms with Gasteiger partial charge in [-0.05, 0) is 18.4 Å². The Morgan fingerprint density at radius 2 is 2.15 bits per heavy atom. The van der Waals surface area contributed by atoms with E-state index in [0.717, 1.165) is 0 Å². The summed E-state index contributed by atoms with van der Waals surface area (Å²) in [4.78, 5) is 30.0. The third-order valence-corrected chi connectivity index (χ3v) is 5.55. The lowest BCUT2D eigenvalue weighted by Crippen LogP contribution is -2.71. The Balaban J connectivity index is 2.16. The Morgan fingerprint density at radius 1 is 1.50 bits per heavy atom. The molecule has 6 N–H and O–H groups in total. The van der Waals surface area contributed by atoms with Gasteiger partial charge >= 0.3 is 10.3 Å². The molecule has 13 heteroatoms. The van der Waals surface area contributed by atoms with Crippen molar-refractivity contribution >= 4 is 39.2 Å². The molecule has 1 saturated heterocycles. The zero-order chi connectivity index (χ0) is 19.5. The molecule has 0 bridgehead atoms. The maximum Gasteiger partial charge on any atom is 0.362 e. The third-order valence-electron chi connectivity index (χ3n) is 3.66. The number of carbonyl (C=O) groups is 2. The Kier molecular flexibility index (Phi) is 6.30. The molecule has 1 fully saturated rings. The van der Waals surface area contributed by atoms with E-state index < -0.39 is 40.3 Å². The molecule has 0 aromatic carbocycles. The lowest BCUT2D eigenvalue weighted by molar-refractivity contribution is -0.143. The molecule has 11 nitrogen and oxygen atoms in total. The lowest BCUT2D eigenvalue weighted by Gasteiger charge is -2.42. The zero-order valence-corrected chi connectivity index (χ0v) is 15.4. The summed E-state index contributed by atoms with van der Waals surface area (Å²) in [5, 5.41) is 7.91. The second-order valence-electron chi connectivity index (χ2n) is 5.42. The van der Waals surface area contributed by atoms with Gasteiger partial charge in [0.15, 0.2) is 11.8 Å². The molecule has 1 aliphatic rings. The summed E-state index contributed by atoms with van der Waals surface area (Å²) < 4.78 is 31.5. The molecule has 2 amide bonds. The molecular weight excluding hydrogens is 386 g/mol. The van der Waals surface area contributed by atoms with Crippen molar-refractivity contribution < 1.29 is 27.4 Å². The zero-order valence-electron chi connectivity index (χ0n) is 13.7. The average molecular weight is 405 g/mol. The van der Waals surface area contributed by atoms with E-state index in [1.807, 2.05) is 0 Å². The van der Waals surface area contributed by atoms with Crippen LogP contribution < -0.4 is 16.8 Å². The van der Waals surface area contributed by atoms with E-state index in [4.69, 9.17) is 20.9 Å². The second kappa shape index (κ2) is 8.09. The summed E-state index contributed by atoms with van der Waals surface area (Å²) >= 11 is 1.22. The van der Waals surface area contributed by atoms with Gasteiger partial charge in [0.25, 0.3) is 11.8 Å². The first-order valence-electron chi connectivity index (χ1n) is 7.50. The molecule has 26 heavy (non-hydrogen) atoms. The summed E-state index contributed by atoms with van der Waals surface area (Å²) in [6.07, 6.45) is -0.586. The van der Waals surface area contributed by atoms with Gasteiger partial charge in [-0.2, -0.15) is 8.42 Å². The number of carbonyl (C=O) groups excluding carboxylic acids is 2. The van der Waals surface area contributed by atoms with Crippen LogP contribution in [0.4, 0.5) is 0 Å². The van der Waals surface area contributed by atoms with Crippen molar-refractivity contribution in [3.05, 3.63) is 22.4 Å². The fraction of sp³-hybridized carbons (Fsp3) is 0.462. The average Bonchev–Trinajstić information content (AvgIpc) is 3.09. The van der Waals surface area contributed by atoms with Crippen LogP contribution in [0.1, 0.15) is 11.8 Å². The number of hydrogen-bond donors (Lipinski definition) is 4. The van der Waals surface area contributed by atoms with Gasteiger partial charge in [-0.3, -0.25) is 14.1 Å². The van der Waals surface area contributed by atoms with Crippen molar-refractivity contribution in [2.75, 3.05) is 13.1 Å². The predicted molar refractivity (Wildman–Crippen MR) is 93.6 cm³/mol. The normalized spacial score (nSPS) is 20.9. The quantitative estimate of drug-likeness (QED) is 0.171. The van der Waals surface area contributed by atoms with E-state index >= 15 is 0 Å². The first-order valence-corrected chi connectivity index (χ1v) is 9.77. The summed E-state index contributed by atoms with van der Waals surface area (Å²) in [5.41, 5.74) is 10.8. The van der Waals surface area contributed by atoms with Crippen LogP contribution in [0.25, 0.3) is 0 Å². The molecule has 0 aliphatic carbocycles. The molecule has 2 heterocycles. The Labute approximate surface area is 153 Å². The van der Waals surface area contributed by atoms with Crippen molar-refractivity contribution in [1.82, 2.24) is 9.62 Å². The van der Waals surface area contributed by atoms with E-state index in [1.54, 1.807) is 17.5 Å². The minimum atomic E-state index is -4.67.